The molecular weight excluding hydrogens is 254 g/mol. The number of hydrogen-bond acceptors (Lipinski definition) is 4. The Labute approximate surface area is 106 Å². The van der Waals surface area contributed by atoms with Crippen molar-refractivity contribution in [2.45, 2.75) is 24.2 Å². The SMILES string of the molecule is O=S(=O)(c1ccc2c(c1)CCO2)N1CCCCO1. The number of fused-ring (bicyclic) bond motifs is 1. The number of hydroxylamine groups is 1. The molecule has 0 aliphatic carbocycles. The van der Waals surface area contributed by atoms with E-state index in [-0.39, 0.29) is 4.90 Å². The molecule has 0 radical (unpaired) electrons. The van der Waals surface area contributed by atoms with Crippen molar-refractivity contribution in [3.05, 3.63) is 23.8 Å². The average molecular weight is 269 g/mol. The van der Waals surface area contributed by atoms with Crippen LogP contribution in [-0.2, 0) is 21.3 Å². The second-order valence-corrected chi connectivity index (χ2v) is 6.27. The summed E-state index contributed by atoms with van der Waals surface area (Å²) in [6.45, 7) is 1.52. The van der Waals surface area contributed by atoms with Crippen LogP contribution in [0.15, 0.2) is 23.1 Å². The Morgan fingerprint density at radius 2 is 2.06 bits per heavy atom. The molecule has 0 saturated carbocycles. The highest BCUT2D eigenvalue weighted by molar-refractivity contribution is 7.89. The van der Waals surface area contributed by atoms with E-state index in [9.17, 15) is 8.42 Å². The van der Waals surface area contributed by atoms with E-state index in [1.165, 1.54) is 0 Å². The van der Waals surface area contributed by atoms with Crippen LogP contribution in [0.25, 0.3) is 0 Å². The molecule has 2 aliphatic heterocycles. The molecule has 18 heavy (non-hydrogen) atoms. The molecule has 98 valence electrons. The largest absolute Gasteiger partial charge is 0.493 e. The molecule has 0 spiro atoms. The standard InChI is InChI=1S/C12H15NO4S/c14-18(15,13-6-1-2-7-17-13)11-3-4-12-10(9-11)5-8-16-12/h3-4,9H,1-2,5-8H2. The zero-order valence-electron chi connectivity index (χ0n) is 9.96. The van der Waals surface area contributed by atoms with Gasteiger partial charge in [-0.1, -0.05) is 4.47 Å². The van der Waals surface area contributed by atoms with Crippen LogP contribution in [0.5, 0.6) is 5.75 Å². The van der Waals surface area contributed by atoms with Gasteiger partial charge in [-0.15, -0.1) is 0 Å². The Balaban J connectivity index is 1.93. The number of ether oxygens (including phenoxy) is 1. The minimum absolute atomic E-state index is 0.286. The van der Waals surface area contributed by atoms with Crippen LogP contribution in [0.3, 0.4) is 0 Å². The van der Waals surface area contributed by atoms with Crippen LogP contribution in [-0.4, -0.2) is 32.6 Å². The predicted molar refractivity (Wildman–Crippen MR) is 64.7 cm³/mol. The molecule has 2 aliphatic rings. The van der Waals surface area contributed by atoms with Crippen molar-refractivity contribution in [2.24, 2.45) is 0 Å². The fourth-order valence-corrected chi connectivity index (χ4v) is 3.55. The summed E-state index contributed by atoms with van der Waals surface area (Å²) < 4.78 is 31.2. The Kier molecular flexibility index (Phi) is 3.01. The average Bonchev–Trinajstić information content (AvgIpc) is 2.87. The van der Waals surface area contributed by atoms with E-state index in [0.717, 1.165) is 35.0 Å². The Bertz CT molecular complexity index is 549. The molecule has 3 rings (SSSR count). The van der Waals surface area contributed by atoms with E-state index in [1.54, 1.807) is 18.2 Å². The van der Waals surface area contributed by atoms with Gasteiger partial charge in [-0.25, -0.2) is 8.42 Å². The monoisotopic (exact) mass is 269 g/mol. The van der Waals surface area contributed by atoms with Crippen molar-refractivity contribution in [1.82, 2.24) is 4.47 Å². The first-order valence-corrected chi connectivity index (χ1v) is 7.53. The van der Waals surface area contributed by atoms with Gasteiger partial charge >= 0.3 is 0 Å². The van der Waals surface area contributed by atoms with Crippen molar-refractivity contribution in [3.63, 3.8) is 0 Å². The van der Waals surface area contributed by atoms with Gasteiger partial charge < -0.3 is 4.74 Å². The van der Waals surface area contributed by atoms with Gasteiger partial charge in [0.1, 0.15) is 5.75 Å². The first kappa shape index (κ1) is 12.0. The zero-order chi connectivity index (χ0) is 12.6. The molecule has 0 bridgehead atoms. The molecule has 1 saturated heterocycles. The van der Waals surface area contributed by atoms with Crippen LogP contribution in [0.1, 0.15) is 18.4 Å². The highest BCUT2D eigenvalue weighted by atomic mass is 32.2. The Morgan fingerprint density at radius 3 is 2.83 bits per heavy atom. The molecule has 5 nitrogen and oxygen atoms in total. The second kappa shape index (κ2) is 4.53. The molecule has 1 aromatic rings. The highest BCUT2D eigenvalue weighted by Gasteiger charge is 2.28. The summed E-state index contributed by atoms with van der Waals surface area (Å²) in [5.41, 5.74) is 0.952. The zero-order valence-corrected chi connectivity index (χ0v) is 10.8. The number of sulfonamides is 1. The van der Waals surface area contributed by atoms with Gasteiger partial charge in [0.25, 0.3) is 10.0 Å². The third-order valence-corrected chi connectivity index (χ3v) is 4.87. The van der Waals surface area contributed by atoms with Gasteiger partial charge in [-0.3, -0.25) is 4.84 Å². The maximum atomic E-state index is 12.3. The van der Waals surface area contributed by atoms with Gasteiger partial charge in [0.05, 0.1) is 18.1 Å². The topological polar surface area (TPSA) is 55.8 Å². The van der Waals surface area contributed by atoms with E-state index in [4.69, 9.17) is 9.57 Å². The van der Waals surface area contributed by atoms with Crippen LogP contribution >= 0.6 is 0 Å². The van der Waals surface area contributed by atoms with E-state index in [2.05, 4.69) is 0 Å². The quantitative estimate of drug-likeness (QED) is 0.813. The summed E-state index contributed by atoms with van der Waals surface area (Å²) in [5, 5.41) is 0. The lowest BCUT2D eigenvalue weighted by atomic mass is 10.2. The van der Waals surface area contributed by atoms with Crippen LogP contribution < -0.4 is 4.74 Å². The van der Waals surface area contributed by atoms with E-state index < -0.39 is 10.0 Å². The molecule has 1 aromatic carbocycles. The smallest absolute Gasteiger partial charge is 0.265 e. The summed E-state index contributed by atoms with van der Waals surface area (Å²) in [5.74, 6) is 0.786. The molecule has 0 amide bonds. The fourth-order valence-electron chi connectivity index (χ4n) is 2.20. The molecule has 1 fully saturated rings. The van der Waals surface area contributed by atoms with E-state index >= 15 is 0 Å². The second-order valence-electron chi connectivity index (χ2n) is 4.44. The number of rotatable bonds is 2. The number of benzene rings is 1. The minimum atomic E-state index is -3.53. The first-order valence-electron chi connectivity index (χ1n) is 6.09. The van der Waals surface area contributed by atoms with Gasteiger partial charge in [-0.05, 0) is 36.6 Å². The maximum absolute atomic E-state index is 12.3. The normalized spacial score (nSPS) is 20.4. The lowest BCUT2D eigenvalue weighted by molar-refractivity contribution is -0.108. The Morgan fingerprint density at radius 1 is 1.17 bits per heavy atom. The van der Waals surface area contributed by atoms with Gasteiger partial charge in [-0.2, -0.15) is 0 Å². The summed E-state index contributed by atoms with van der Waals surface area (Å²) in [6.07, 6.45) is 2.51. The van der Waals surface area contributed by atoms with Crippen molar-refractivity contribution >= 4 is 10.0 Å². The van der Waals surface area contributed by atoms with E-state index in [1.807, 2.05) is 0 Å². The van der Waals surface area contributed by atoms with Gasteiger partial charge in [0.15, 0.2) is 0 Å². The maximum Gasteiger partial charge on any atom is 0.265 e. The third kappa shape index (κ3) is 2.00. The van der Waals surface area contributed by atoms with Gasteiger partial charge in [0, 0.05) is 13.0 Å². The number of hydrogen-bond donors (Lipinski definition) is 0. The molecule has 6 heteroatoms. The van der Waals surface area contributed by atoms with Crippen molar-refractivity contribution in [2.75, 3.05) is 19.8 Å². The first-order chi connectivity index (χ1) is 8.68. The molecular formula is C12H15NO4S. The Hall–Kier alpha value is -1.11. The summed E-state index contributed by atoms with van der Waals surface area (Å²) in [4.78, 5) is 5.52. The van der Waals surface area contributed by atoms with Gasteiger partial charge in [0.2, 0.25) is 0 Å². The van der Waals surface area contributed by atoms with Crippen LogP contribution in [0, 0.1) is 0 Å². The van der Waals surface area contributed by atoms with Crippen molar-refractivity contribution in [1.29, 1.82) is 0 Å². The summed E-state index contributed by atoms with van der Waals surface area (Å²) >= 11 is 0. The summed E-state index contributed by atoms with van der Waals surface area (Å²) in [7, 11) is -3.53. The lowest BCUT2D eigenvalue weighted by Crippen LogP contribution is -2.35. The molecule has 0 aromatic heterocycles. The van der Waals surface area contributed by atoms with E-state index in [0.29, 0.717) is 19.8 Å². The third-order valence-electron chi connectivity index (χ3n) is 3.20. The number of nitrogens with zero attached hydrogens (tertiary/aromatic N) is 1. The van der Waals surface area contributed by atoms with Crippen LogP contribution in [0.2, 0.25) is 0 Å². The van der Waals surface area contributed by atoms with Crippen LogP contribution in [0.4, 0.5) is 0 Å². The van der Waals surface area contributed by atoms with Crippen molar-refractivity contribution < 1.29 is 18.0 Å². The molecule has 0 N–H and O–H groups in total. The fraction of sp³-hybridized carbons (Fsp3) is 0.500. The minimum Gasteiger partial charge on any atom is -0.493 e. The summed E-state index contributed by atoms with van der Waals surface area (Å²) in [6, 6.07) is 4.99. The lowest BCUT2D eigenvalue weighted by Gasteiger charge is -2.25. The molecule has 2 heterocycles. The molecule has 0 atom stereocenters. The highest BCUT2D eigenvalue weighted by Crippen LogP contribution is 2.29. The predicted octanol–water partition coefficient (Wildman–Crippen LogP) is 1.34. The molecule has 0 unspecified atom stereocenters. The van der Waals surface area contributed by atoms with Crippen molar-refractivity contribution in [3.8, 4) is 5.75 Å².